The summed E-state index contributed by atoms with van der Waals surface area (Å²) in [4.78, 5) is 13.5. The third kappa shape index (κ3) is 5.55. The van der Waals surface area contributed by atoms with Gasteiger partial charge in [-0.25, -0.2) is 4.39 Å². The molecule has 2 rings (SSSR count). The van der Waals surface area contributed by atoms with Crippen LogP contribution >= 0.6 is 11.6 Å². The van der Waals surface area contributed by atoms with Crippen LogP contribution in [0.2, 0.25) is 5.02 Å². The highest BCUT2D eigenvalue weighted by Crippen LogP contribution is 2.30. The number of anilines is 2. The molecule has 5 heteroatoms. The van der Waals surface area contributed by atoms with Crippen molar-refractivity contribution in [3.05, 3.63) is 58.9 Å². The van der Waals surface area contributed by atoms with Crippen LogP contribution in [0.15, 0.2) is 42.5 Å². The highest BCUT2D eigenvalue weighted by molar-refractivity contribution is 6.30. The van der Waals surface area contributed by atoms with E-state index in [2.05, 4.69) is 20.8 Å². The third-order valence-electron chi connectivity index (χ3n) is 3.45. The first-order chi connectivity index (χ1) is 11.7. The number of amides is 1. The zero-order chi connectivity index (χ0) is 18.6. The fourth-order valence-corrected chi connectivity index (χ4v) is 2.50. The van der Waals surface area contributed by atoms with E-state index in [4.69, 9.17) is 16.3 Å². The van der Waals surface area contributed by atoms with Crippen molar-refractivity contribution >= 4 is 28.9 Å². The van der Waals surface area contributed by atoms with Gasteiger partial charge in [0.2, 0.25) is 5.91 Å². The smallest absolute Gasteiger partial charge is 0.228 e. The van der Waals surface area contributed by atoms with Gasteiger partial charge in [-0.3, -0.25) is 9.69 Å². The highest BCUT2D eigenvalue weighted by atomic mass is 35.5. The molecule has 0 N–H and O–H groups in total. The van der Waals surface area contributed by atoms with Crippen LogP contribution in [0.5, 0.6) is 0 Å². The van der Waals surface area contributed by atoms with E-state index in [0.29, 0.717) is 23.9 Å². The molecule has 0 aliphatic carbocycles. The fraction of sp³-hybridized carbons (Fsp3) is 0.350. The minimum absolute atomic E-state index is 0.0532. The number of carbonyl (C=O) groups is 1. The molecule has 0 saturated carbocycles. The lowest BCUT2D eigenvalue weighted by molar-refractivity contribution is -0.115. The maximum absolute atomic E-state index is 14.4. The molecule has 3 nitrogen and oxygen atoms in total. The molecule has 0 atom stereocenters. The molecule has 0 aliphatic rings. The summed E-state index contributed by atoms with van der Waals surface area (Å²) in [5, 5.41) is 0.553. The molecular weight excluding hydrogens is 341 g/mol. The lowest BCUT2D eigenvalue weighted by Crippen LogP contribution is -2.24. The summed E-state index contributed by atoms with van der Waals surface area (Å²) in [7, 11) is 0. The van der Waals surface area contributed by atoms with E-state index in [1.165, 1.54) is 17.9 Å². The van der Waals surface area contributed by atoms with E-state index < -0.39 is 5.82 Å². The van der Waals surface area contributed by atoms with Crippen molar-refractivity contribution in [1.29, 1.82) is 0 Å². The van der Waals surface area contributed by atoms with Crippen LogP contribution in [0.25, 0.3) is 0 Å². The Bertz CT molecular complexity index is 738. The van der Waals surface area contributed by atoms with E-state index in [1.807, 2.05) is 0 Å². The predicted octanol–water partition coefficient (Wildman–Crippen LogP) is 5.73. The van der Waals surface area contributed by atoms with Crippen LogP contribution in [-0.2, 0) is 16.1 Å². The Morgan fingerprint density at radius 1 is 1.16 bits per heavy atom. The normalized spacial score (nSPS) is 11.4. The van der Waals surface area contributed by atoms with Gasteiger partial charge in [-0.2, -0.15) is 0 Å². The summed E-state index contributed by atoms with van der Waals surface area (Å²) in [5.74, 6) is -0.751. The average Bonchev–Trinajstić information content (AvgIpc) is 2.51. The van der Waals surface area contributed by atoms with Crippen molar-refractivity contribution in [2.45, 2.75) is 34.3 Å². The van der Waals surface area contributed by atoms with Crippen LogP contribution < -0.4 is 4.90 Å². The summed E-state index contributed by atoms with van der Waals surface area (Å²) >= 11 is 5.90. The maximum atomic E-state index is 14.4. The Morgan fingerprint density at radius 3 is 2.36 bits per heavy atom. The summed E-state index contributed by atoms with van der Waals surface area (Å²) < 4.78 is 20.1. The number of rotatable bonds is 5. The standard InChI is InChI=1S/C20H23ClFNO2/c1-14(24)23(17-8-6-16(21)7-9-17)19-11-15(5-10-18(19)22)12-25-13-20(2,3)4/h5-11H,12-13H2,1-4H3. The molecule has 0 bridgehead atoms. The van der Waals surface area contributed by atoms with Gasteiger partial charge in [-0.05, 0) is 47.4 Å². The molecule has 134 valence electrons. The predicted molar refractivity (Wildman–Crippen MR) is 99.8 cm³/mol. The van der Waals surface area contributed by atoms with Gasteiger partial charge in [0.15, 0.2) is 0 Å². The fourth-order valence-electron chi connectivity index (χ4n) is 2.38. The third-order valence-corrected chi connectivity index (χ3v) is 3.71. The lowest BCUT2D eigenvalue weighted by atomic mass is 9.99. The molecule has 0 heterocycles. The molecule has 0 aromatic heterocycles. The molecule has 1 amide bonds. The van der Waals surface area contributed by atoms with Crippen molar-refractivity contribution in [1.82, 2.24) is 0 Å². The van der Waals surface area contributed by atoms with Crippen molar-refractivity contribution in [2.75, 3.05) is 11.5 Å². The van der Waals surface area contributed by atoms with Gasteiger partial charge in [0.05, 0.1) is 18.9 Å². The Balaban J connectivity index is 2.29. The second kappa shape index (κ2) is 7.98. The lowest BCUT2D eigenvalue weighted by Gasteiger charge is -2.23. The minimum Gasteiger partial charge on any atom is -0.376 e. The van der Waals surface area contributed by atoms with Gasteiger partial charge in [0.1, 0.15) is 5.82 Å². The SMILES string of the molecule is CC(=O)N(c1ccc(Cl)cc1)c1cc(COCC(C)(C)C)ccc1F. The van der Waals surface area contributed by atoms with Crippen LogP contribution in [0.1, 0.15) is 33.3 Å². The van der Waals surface area contributed by atoms with Gasteiger partial charge in [-0.1, -0.05) is 38.4 Å². The second-order valence-electron chi connectivity index (χ2n) is 7.17. The first-order valence-corrected chi connectivity index (χ1v) is 8.47. The largest absolute Gasteiger partial charge is 0.376 e. The molecule has 0 spiro atoms. The van der Waals surface area contributed by atoms with Gasteiger partial charge in [-0.15, -0.1) is 0 Å². The van der Waals surface area contributed by atoms with Crippen LogP contribution in [0.4, 0.5) is 15.8 Å². The second-order valence-corrected chi connectivity index (χ2v) is 7.61. The van der Waals surface area contributed by atoms with Gasteiger partial charge in [0, 0.05) is 17.6 Å². The van der Waals surface area contributed by atoms with Crippen LogP contribution in [-0.4, -0.2) is 12.5 Å². The summed E-state index contributed by atoms with van der Waals surface area (Å²) in [6, 6.07) is 11.4. The van der Waals surface area contributed by atoms with E-state index >= 15 is 0 Å². The topological polar surface area (TPSA) is 29.5 Å². The molecule has 0 radical (unpaired) electrons. The van der Waals surface area contributed by atoms with Gasteiger partial charge < -0.3 is 4.74 Å². The van der Waals surface area contributed by atoms with Crippen LogP contribution in [0.3, 0.4) is 0 Å². The van der Waals surface area contributed by atoms with Crippen molar-refractivity contribution in [2.24, 2.45) is 5.41 Å². The molecule has 0 fully saturated rings. The molecular formula is C20H23ClFNO2. The Kier molecular flexibility index (Phi) is 6.20. The van der Waals surface area contributed by atoms with Crippen molar-refractivity contribution < 1.29 is 13.9 Å². The summed E-state index contributed by atoms with van der Waals surface area (Å²) in [6.07, 6.45) is 0. The monoisotopic (exact) mass is 363 g/mol. The molecule has 2 aromatic rings. The molecule has 25 heavy (non-hydrogen) atoms. The highest BCUT2D eigenvalue weighted by Gasteiger charge is 2.19. The Hall–Kier alpha value is -1.91. The number of nitrogens with zero attached hydrogens (tertiary/aromatic N) is 1. The summed E-state index contributed by atoms with van der Waals surface area (Å²) in [6.45, 7) is 8.60. The minimum atomic E-state index is -0.468. The number of ether oxygens (including phenoxy) is 1. The molecule has 0 aliphatic heterocycles. The van der Waals surface area contributed by atoms with Crippen molar-refractivity contribution in [3.63, 3.8) is 0 Å². The average molecular weight is 364 g/mol. The molecule has 0 unspecified atom stereocenters. The first-order valence-electron chi connectivity index (χ1n) is 8.10. The van der Waals surface area contributed by atoms with E-state index in [1.54, 1.807) is 36.4 Å². The zero-order valence-corrected chi connectivity index (χ0v) is 15.7. The van der Waals surface area contributed by atoms with Crippen LogP contribution in [0, 0.1) is 11.2 Å². The molecule has 2 aromatic carbocycles. The Labute approximate surface area is 153 Å². The molecule has 0 saturated heterocycles. The maximum Gasteiger partial charge on any atom is 0.228 e. The number of benzene rings is 2. The summed E-state index contributed by atoms with van der Waals surface area (Å²) in [5.41, 5.74) is 1.62. The number of carbonyl (C=O) groups excluding carboxylic acids is 1. The zero-order valence-electron chi connectivity index (χ0n) is 15.0. The van der Waals surface area contributed by atoms with Crippen molar-refractivity contribution in [3.8, 4) is 0 Å². The number of hydrogen-bond donors (Lipinski definition) is 0. The van der Waals surface area contributed by atoms with E-state index in [-0.39, 0.29) is 17.0 Å². The quantitative estimate of drug-likeness (QED) is 0.679. The first kappa shape index (κ1) is 19.4. The van der Waals surface area contributed by atoms with Gasteiger partial charge >= 0.3 is 0 Å². The van der Waals surface area contributed by atoms with E-state index in [9.17, 15) is 9.18 Å². The van der Waals surface area contributed by atoms with Gasteiger partial charge in [0.25, 0.3) is 0 Å². The van der Waals surface area contributed by atoms with E-state index in [0.717, 1.165) is 5.56 Å². The number of halogens is 2. The number of hydrogen-bond acceptors (Lipinski definition) is 2. The Morgan fingerprint density at radius 2 is 1.80 bits per heavy atom.